The van der Waals surface area contributed by atoms with Gasteiger partial charge in [0, 0.05) is 11.5 Å². The van der Waals surface area contributed by atoms with E-state index in [1.54, 1.807) is 0 Å². The summed E-state index contributed by atoms with van der Waals surface area (Å²) in [6, 6.07) is 7.16. The summed E-state index contributed by atoms with van der Waals surface area (Å²) in [5.74, 6) is 6.38. The van der Waals surface area contributed by atoms with Gasteiger partial charge in [-0.05, 0) is 25.5 Å². The monoisotopic (exact) mass is 218 g/mol. The number of aryl methyl sites for hydroxylation is 1. The molecule has 16 heavy (non-hydrogen) atoms. The Balaban J connectivity index is 2.89. The Morgan fingerprint density at radius 3 is 2.88 bits per heavy atom. The van der Waals surface area contributed by atoms with Crippen molar-refractivity contribution in [2.24, 2.45) is 0 Å². The number of fused-ring (bicyclic) bond motifs is 1. The van der Waals surface area contributed by atoms with Crippen LogP contribution >= 0.6 is 0 Å². The molecule has 1 heterocycles. The number of benzene rings is 1. The van der Waals surface area contributed by atoms with Crippen LogP contribution in [0.1, 0.15) is 12.5 Å². The van der Waals surface area contributed by atoms with E-state index < -0.39 is 0 Å². The van der Waals surface area contributed by atoms with E-state index in [2.05, 4.69) is 0 Å². The molecule has 1 aromatic heterocycles. The minimum atomic E-state index is -0.225. The largest absolute Gasteiger partial charge is 0.492 e. The number of nitrogens with two attached hydrogens (primary N) is 1. The van der Waals surface area contributed by atoms with E-state index in [-0.39, 0.29) is 5.56 Å². The lowest BCUT2D eigenvalue weighted by molar-refractivity contribution is 0.343. The molecule has 0 atom stereocenters. The lowest BCUT2D eigenvalue weighted by Gasteiger charge is -2.11. The van der Waals surface area contributed by atoms with Crippen LogP contribution in [0.15, 0.2) is 29.1 Å². The van der Waals surface area contributed by atoms with Crippen molar-refractivity contribution in [1.82, 2.24) is 4.68 Å². The molecule has 0 amide bonds. The third kappa shape index (κ3) is 1.52. The van der Waals surface area contributed by atoms with Gasteiger partial charge in [-0.1, -0.05) is 12.1 Å². The third-order valence-corrected chi connectivity index (χ3v) is 2.54. The van der Waals surface area contributed by atoms with Crippen LogP contribution in [0.3, 0.4) is 0 Å². The van der Waals surface area contributed by atoms with Crippen molar-refractivity contribution < 1.29 is 4.74 Å². The standard InChI is InChI=1S/C12H14N2O2/c1-3-16-10-6-4-5-9-8(2)7-11(15)14(13)12(9)10/h4-7H,3,13H2,1-2H3. The molecule has 0 aliphatic rings. The fourth-order valence-electron chi connectivity index (χ4n) is 1.80. The number of nitrogens with zero attached hydrogens (tertiary/aromatic N) is 1. The summed E-state index contributed by atoms with van der Waals surface area (Å²) in [4.78, 5) is 11.6. The van der Waals surface area contributed by atoms with Crippen LogP contribution in [0.5, 0.6) is 5.75 Å². The minimum Gasteiger partial charge on any atom is -0.492 e. The van der Waals surface area contributed by atoms with Gasteiger partial charge in [0.25, 0.3) is 5.56 Å². The quantitative estimate of drug-likeness (QED) is 0.775. The Bertz CT molecular complexity index is 587. The molecule has 4 heteroatoms. The third-order valence-electron chi connectivity index (χ3n) is 2.54. The van der Waals surface area contributed by atoms with Gasteiger partial charge in [-0.25, -0.2) is 4.68 Å². The average molecular weight is 218 g/mol. The fourth-order valence-corrected chi connectivity index (χ4v) is 1.80. The number of pyridine rings is 1. The second kappa shape index (κ2) is 3.89. The molecule has 0 fully saturated rings. The highest BCUT2D eigenvalue weighted by atomic mass is 16.5. The number of hydrogen-bond donors (Lipinski definition) is 1. The van der Waals surface area contributed by atoms with Gasteiger partial charge < -0.3 is 10.6 Å². The van der Waals surface area contributed by atoms with Crippen molar-refractivity contribution in [3.8, 4) is 5.75 Å². The highest BCUT2D eigenvalue weighted by Crippen LogP contribution is 2.25. The predicted molar refractivity (Wildman–Crippen MR) is 64.3 cm³/mol. The zero-order chi connectivity index (χ0) is 11.7. The molecule has 2 N–H and O–H groups in total. The first kappa shape index (κ1) is 10.5. The van der Waals surface area contributed by atoms with Crippen molar-refractivity contribution in [2.75, 3.05) is 12.4 Å². The predicted octanol–water partition coefficient (Wildman–Crippen LogP) is 1.42. The van der Waals surface area contributed by atoms with E-state index >= 15 is 0 Å². The molecule has 4 nitrogen and oxygen atoms in total. The summed E-state index contributed by atoms with van der Waals surface area (Å²) >= 11 is 0. The van der Waals surface area contributed by atoms with Gasteiger partial charge in [-0.15, -0.1) is 0 Å². The SMILES string of the molecule is CCOc1cccc2c(C)cc(=O)n(N)c12. The van der Waals surface area contributed by atoms with Crippen molar-refractivity contribution in [1.29, 1.82) is 0 Å². The second-order valence-corrected chi connectivity index (χ2v) is 3.62. The van der Waals surface area contributed by atoms with Crippen molar-refractivity contribution in [3.05, 3.63) is 40.2 Å². The summed E-state index contributed by atoms with van der Waals surface area (Å²) in [5, 5.41) is 0.938. The highest BCUT2D eigenvalue weighted by molar-refractivity contribution is 5.87. The van der Waals surface area contributed by atoms with Crippen LogP contribution in [-0.2, 0) is 0 Å². The smallest absolute Gasteiger partial charge is 0.269 e. The van der Waals surface area contributed by atoms with Gasteiger partial charge in [0.15, 0.2) is 0 Å². The van der Waals surface area contributed by atoms with Crippen molar-refractivity contribution in [3.63, 3.8) is 0 Å². The van der Waals surface area contributed by atoms with Gasteiger partial charge >= 0.3 is 0 Å². The molecular formula is C12H14N2O2. The summed E-state index contributed by atoms with van der Waals surface area (Å²) in [6.07, 6.45) is 0. The molecule has 0 unspecified atom stereocenters. The first-order valence-electron chi connectivity index (χ1n) is 5.18. The van der Waals surface area contributed by atoms with Crippen molar-refractivity contribution >= 4 is 10.9 Å². The summed E-state index contributed by atoms with van der Waals surface area (Å²) < 4.78 is 6.60. The fraction of sp³-hybridized carbons (Fsp3) is 0.250. The zero-order valence-corrected chi connectivity index (χ0v) is 9.36. The van der Waals surface area contributed by atoms with Crippen LogP contribution < -0.4 is 16.1 Å². The van der Waals surface area contributed by atoms with Gasteiger partial charge in [-0.2, -0.15) is 0 Å². The van der Waals surface area contributed by atoms with E-state index in [4.69, 9.17) is 10.6 Å². The van der Waals surface area contributed by atoms with E-state index in [1.807, 2.05) is 32.0 Å². The molecule has 2 aromatic rings. The molecule has 0 aliphatic carbocycles. The molecule has 2 rings (SSSR count). The molecule has 84 valence electrons. The Kier molecular flexibility index (Phi) is 2.56. The average Bonchev–Trinajstić information content (AvgIpc) is 2.26. The Morgan fingerprint density at radius 2 is 2.19 bits per heavy atom. The molecule has 0 radical (unpaired) electrons. The maximum atomic E-state index is 11.6. The Hall–Kier alpha value is -1.97. The lowest BCUT2D eigenvalue weighted by Crippen LogP contribution is -2.27. The van der Waals surface area contributed by atoms with E-state index in [0.717, 1.165) is 15.6 Å². The topological polar surface area (TPSA) is 57.2 Å². The van der Waals surface area contributed by atoms with Gasteiger partial charge in [0.2, 0.25) is 0 Å². The maximum absolute atomic E-state index is 11.6. The van der Waals surface area contributed by atoms with E-state index in [9.17, 15) is 4.79 Å². The number of para-hydroxylation sites is 1. The molecule has 0 spiro atoms. The normalized spacial score (nSPS) is 10.6. The van der Waals surface area contributed by atoms with Crippen LogP contribution in [-0.4, -0.2) is 11.3 Å². The highest BCUT2D eigenvalue weighted by Gasteiger charge is 2.09. The van der Waals surface area contributed by atoms with Crippen LogP contribution in [0, 0.1) is 6.92 Å². The maximum Gasteiger partial charge on any atom is 0.269 e. The van der Waals surface area contributed by atoms with Crippen LogP contribution in [0.4, 0.5) is 0 Å². The van der Waals surface area contributed by atoms with Crippen LogP contribution in [0.25, 0.3) is 10.9 Å². The lowest BCUT2D eigenvalue weighted by atomic mass is 10.1. The molecule has 0 bridgehead atoms. The number of hydrogen-bond acceptors (Lipinski definition) is 3. The van der Waals surface area contributed by atoms with E-state index in [0.29, 0.717) is 17.9 Å². The van der Waals surface area contributed by atoms with Gasteiger partial charge in [0.1, 0.15) is 11.3 Å². The van der Waals surface area contributed by atoms with E-state index in [1.165, 1.54) is 6.07 Å². The summed E-state index contributed by atoms with van der Waals surface area (Å²) in [5.41, 5.74) is 1.33. The number of ether oxygens (including phenoxy) is 1. The van der Waals surface area contributed by atoms with Gasteiger partial charge in [0.05, 0.1) is 6.61 Å². The second-order valence-electron chi connectivity index (χ2n) is 3.62. The number of rotatable bonds is 2. The first-order chi connectivity index (χ1) is 7.65. The zero-order valence-electron chi connectivity index (χ0n) is 9.36. The van der Waals surface area contributed by atoms with Gasteiger partial charge in [-0.3, -0.25) is 4.79 Å². The Labute approximate surface area is 93.2 Å². The molecule has 0 saturated carbocycles. The number of nitrogen functional groups attached to an aromatic ring is 1. The minimum absolute atomic E-state index is 0.225. The van der Waals surface area contributed by atoms with Crippen molar-refractivity contribution in [2.45, 2.75) is 13.8 Å². The number of aromatic nitrogens is 1. The first-order valence-corrected chi connectivity index (χ1v) is 5.18. The molecule has 1 aromatic carbocycles. The molecular weight excluding hydrogens is 204 g/mol. The van der Waals surface area contributed by atoms with Crippen LogP contribution in [0.2, 0.25) is 0 Å². The molecule has 0 saturated heterocycles. The Morgan fingerprint density at radius 1 is 1.44 bits per heavy atom. The summed E-state index contributed by atoms with van der Waals surface area (Å²) in [6.45, 7) is 4.33. The molecule has 0 aliphatic heterocycles. The summed E-state index contributed by atoms with van der Waals surface area (Å²) in [7, 11) is 0.